The van der Waals surface area contributed by atoms with E-state index in [1.165, 1.54) is 19.0 Å². The van der Waals surface area contributed by atoms with Crippen molar-refractivity contribution in [3.63, 3.8) is 0 Å². The van der Waals surface area contributed by atoms with Crippen LogP contribution in [-0.2, 0) is 0 Å². The quantitative estimate of drug-likeness (QED) is 0.555. The Morgan fingerprint density at radius 2 is 1.70 bits per heavy atom. The van der Waals surface area contributed by atoms with Crippen molar-refractivity contribution in [2.75, 3.05) is 26.2 Å². The Labute approximate surface area is 66.7 Å². The first-order valence-corrected chi connectivity index (χ1v) is 7.57. The number of hydrogen-bond donors (Lipinski definition) is 0. The molecule has 0 aliphatic rings. The van der Waals surface area contributed by atoms with E-state index in [2.05, 4.69) is 33.8 Å². The first-order chi connectivity index (χ1) is 4.45. The summed E-state index contributed by atoms with van der Waals surface area (Å²) in [5.74, 6) is 0.944. The highest BCUT2D eigenvalue weighted by atomic mass is 31.2. The Morgan fingerprint density at radius 3 is 2.00 bits per heavy atom. The zero-order valence-corrected chi connectivity index (χ0v) is 9.04. The average Bonchev–Trinajstić information content (AvgIpc) is 1.81. The van der Waals surface area contributed by atoms with E-state index < -0.39 is 7.26 Å². The van der Waals surface area contributed by atoms with Crippen LogP contribution in [0.25, 0.3) is 0 Å². The monoisotopic (exact) mass is 161 g/mol. The second kappa shape index (κ2) is 4.34. The van der Waals surface area contributed by atoms with Crippen LogP contribution in [0.2, 0.25) is 0 Å². The molecule has 0 spiro atoms. The lowest BCUT2D eigenvalue weighted by molar-refractivity contribution is 0.547. The molecule has 0 radical (unpaired) electrons. The Balaban J connectivity index is 3.36. The van der Waals surface area contributed by atoms with Gasteiger partial charge >= 0.3 is 0 Å². The van der Waals surface area contributed by atoms with Gasteiger partial charge in [0.1, 0.15) is 0 Å². The Morgan fingerprint density at radius 1 is 1.20 bits per heavy atom. The van der Waals surface area contributed by atoms with Crippen molar-refractivity contribution >= 4 is 7.26 Å². The molecule has 0 aromatic rings. The van der Waals surface area contributed by atoms with Crippen molar-refractivity contribution in [1.29, 1.82) is 0 Å². The summed E-state index contributed by atoms with van der Waals surface area (Å²) in [7, 11) is -0.483. The van der Waals surface area contributed by atoms with Crippen molar-refractivity contribution in [1.82, 2.24) is 0 Å². The molecule has 0 nitrogen and oxygen atoms in total. The maximum absolute atomic E-state index is 2.43. The van der Waals surface area contributed by atoms with Crippen LogP contribution in [0.3, 0.4) is 0 Å². The molecule has 0 aromatic heterocycles. The Hall–Kier alpha value is 0.430. The van der Waals surface area contributed by atoms with Crippen molar-refractivity contribution in [3.05, 3.63) is 0 Å². The van der Waals surface area contributed by atoms with Crippen LogP contribution in [0.15, 0.2) is 0 Å². The van der Waals surface area contributed by atoms with Gasteiger partial charge in [-0.15, -0.1) is 0 Å². The van der Waals surface area contributed by atoms with Gasteiger partial charge in [0.05, 0.1) is 6.16 Å². The Kier molecular flexibility index (Phi) is 4.52. The fraction of sp³-hybridized carbons (Fsp3) is 1.00. The molecular weight excluding hydrogens is 139 g/mol. The second-order valence-electron chi connectivity index (χ2n) is 4.32. The van der Waals surface area contributed by atoms with Crippen LogP contribution in [0.5, 0.6) is 0 Å². The smallest absolute Gasteiger partial charge is 0.0588 e. The van der Waals surface area contributed by atoms with Gasteiger partial charge in [-0.25, -0.2) is 0 Å². The van der Waals surface area contributed by atoms with Crippen LogP contribution < -0.4 is 0 Å². The van der Waals surface area contributed by atoms with Crippen LogP contribution in [0.1, 0.15) is 26.7 Å². The van der Waals surface area contributed by atoms with Crippen molar-refractivity contribution in [2.24, 2.45) is 5.92 Å². The lowest BCUT2D eigenvalue weighted by Crippen LogP contribution is -1.99. The molecule has 0 aliphatic carbocycles. The molecular formula is C9H22P+. The zero-order valence-electron chi connectivity index (χ0n) is 8.15. The number of rotatable bonds is 4. The summed E-state index contributed by atoms with van der Waals surface area (Å²) in [6.07, 6.45) is 4.26. The van der Waals surface area contributed by atoms with Gasteiger partial charge in [0.2, 0.25) is 0 Å². The molecule has 0 heterocycles. The molecule has 10 heavy (non-hydrogen) atoms. The maximum atomic E-state index is 2.43. The maximum Gasteiger partial charge on any atom is 0.0588 e. The average molecular weight is 161 g/mol. The van der Waals surface area contributed by atoms with E-state index in [1.807, 2.05) is 0 Å². The molecule has 0 rings (SSSR count). The van der Waals surface area contributed by atoms with Gasteiger partial charge in [-0.1, -0.05) is 20.3 Å². The highest BCUT2D eigenvalue weighted by Gasteiger charge is 2.17. The van der Waals surface area contributed by atoms with E-state index in [0.29, 0.717) is 0 Å². The van der Waals surface area contributed by atoms with Gasteiger partial charge in [0.25, 0.3) is 0 Å². The van der Waals surface area contributed by atoms with E-state index >= 15 is 0 Å². The van der Waals surface area contributed by atoms with E-state index in [1.54, 1.807) is 0 Å². The standard InChI is InChI=1S/C9H22P/c1-6-9(2)7-8-10(3,4)5/h9H,6-8H2,1-5H3/q+1. The minimum atomic E-state index is -0.483. The van der Waals surface area contributed by atoms with Crippen LogP contribution in [0, 0.1) is 5.92 Å². The molecule has 62 valence electrons. The first-order valence-electron chi connectivity index (χ1n) is 4.26. The summed E-state index contributed by atoms with van der Waals surface area (Å²) in [5.41, 5.74) is 0. The molecule has 0 bridgehead atoms. The van der Waals surface area contributed by atoms with Gasteiger partial charge in [0, 0.05) is 27.3 Å². The predicted molar refractivity (Wildman–Crippen MR) is 53.6 cm³/mol. The van der Waals surface area contributed by atoms with Gasteiger partial charge in [-0.3, -0.25) is 0 Å². The van der Waals surface area contributed by atoms with Crippen molar-refractivity contribution in [3.8, 4) is 0 Å². The fourth-order valence-electron chi connectivity index (χ4n) is 0.812. The van der Waals surface area contributed by atoms with Crippen LogP contribution >= 0.6 is 7.26 Å². The van der Waals surface area contributed by atoms with Gasteiger partial charge in [-0.2, -0.15) is 0 Å². The highest BCUT2D eigenvalue weighted by Crippen LogP contribution is 2.47. The van der Waals surface area contributed by atoms with E-state index in [4.69, 9.17) is 0 Å². The molecule has 0 saturated carbocycles. The van der Waals surface area contributed by atoms with Gasteiger partial charge in [-0.05, 0) is 12.3 Å². The molecule has 0 fully saturated rings. The molecule has 0 N–H and O–H groups in total. The molecule has 0 saturated heterocycles. The molecule has 1 unspecified atom stereocenters. The summed E-state index contributed by atoms with van der Waals surface area (Å²) in [4.78, 5) is 0. The lowest BCUT2D eigenvalue weighted by Gasteiger charge is -2.14. The lowest BCUT2D eigenvalue weighted by atomic mass is 10.1. The third-order valence-corrected chi connectivity index (χ3v) is 3.59. The molecule has 1 atom stereocenters. The summed E-state index contributed by atoms with van der Waals surface area (Å²) in [5, 5.41) is 0. The predicted octanol–water partition coefficient (Wildman–Crippen LogP) is 3.33. The molecule has 0 amide bonds. The fourth-order valence-corrected chi connectivity index (χ4v) is 2.03. The van der Waals surface area contributed by atoms with E-state index in [0.717, 1.165) is 5.92 Å². The zero-order chi connectivity index (χ0) is 8.20. The third-order valence-electron chi connectivity index (χ3n) is 1.99. The van der Waals surface area contributed by atoms with Gasteiger partial charge < -0.3 is 0 Å². The van der Waals surface area contributed by atoms with E-state index in [9.17, 15) is 0 Å². The largest absolute Gasteiger partial charge is 0.0651 e. The number of hydrogen-bond acceptors (Lipinski definition) is 0. The normalized spacial score (nSPS) is 15.3. The Bertz CT molecular complexity index is 81.2. The summed E-state index contributed by atoms with van der Waals surface area (Å²) < 4.78 is 0. The molecule has 1 heteroatoms. The van der Waals surface area contributed by atoms with Gasteiger partial charge in [0.15, 0.2) is 0 Å². The molecule has 0 aromatic carbocycles. The highest BCUT2D eigenvalue weighted by molar-refractivity contribution is 7.73. The topological polar surface area (TPSA) is 0 Å². The van der Waals surface area contributed by atoms with Crippen LogP contribution in [-0.4, -0.2) is 26.2 Å². The van der Waals surface area contributed by atoms with Crippen molar-refractivity contribution < 1.29 is 0 Å². The van der Waals surface area contributed by atoms with Crippen molar-refractivity contribution in [2.45, 2.75) is 26.7 Å². The first kappa shape index (κ1) is 10.4. The summed E-state index contributed by atoms with van der Waals surface area (Å²) >= 11 is 0. The minimum absolute atomic E-state index is 0.483. The minimum Gasteiger partial charge on any atom is -0.0651 e. The van der Waals surface area contributed by atoms with E-state index in [-0.39, 0.29) is 0 Å². The SMILES string of the molecule is CCC(C)CC[P+](C)(C)C. The van der Waals surface area contributed by atoms with Crippen LogP contribution in [0.4, 0.5) is 0 Å². The summed E-state index contributed by atoms with van der Waals surface area (Å²) in [6.45, 7) is 11.9. The summed E-state index contributed by atoms with van der Waals surface area (Å²) in [6, 6.07) is 0. The second-order valence-corrected chi connectivity index (χ2v) is 9.34. The third kappa shape index (κ3) is 6.55. The molecule has 0 aliphatic heterocycles.